The van der Waals surface area contributed by atoms with Crippen molar-refractivity contribution in [1.29, 1.82) is 0 Å². The Bertz CT molecular complexity index is 250. The second kappa shape index (κ2) is 5.05. The molecule has 0 fully saturated rings. The van der Waals surface area contributed by atoms with Gasteiger partial charge in [0.2, 0.25) is 0 Å². The van der Waals surface area contributed by atoms with Gasteiger partial charge in [-0.25, -0.2) is 4.98 Å². The Morgan fingerprint density at radius 1 is 1.82 bits per heavy atom. The monoisotopic (exact) mass is 182 g/mol. The van der Waals surface area contributed by atoms with Gasteiger partial charge in [0.15, 0.2) is 0 Å². The molecule has 0 saturated carbocycles. The molecule has 0 bridgehead atoms. The van der Waals surface area contributed by atoms with Crippen molar-refractivity contribution in [2.24, 2.45) is 0 Å². The van der Waals surface area contributed by atoms with E-state index in [-0.39, 0.29) is 34.6 Å². The van der Waals surface area contributed by atoms with Gasteiger partial charge in [0, 0.05) is 12.7 Å². The largest absolute Gasteiger partial charge is 1.00 e. The van der Waals surface area contributed by atoms with E-state index in [0.717, 1.165) is 6.54 Å². The minimum absolute atomic E-state index is 0. The summed E-state index contributed by atoms with van der Waals surface area (Å²) in [6.45, 7) is 2.66. The van der Waals surface area contributed by atoms with E-state index in [0.29, 0.717) is 0 Å². The molecule has 1 heterocycles. The van der Waals surface area contributed by atoms with Crippen molar-refractivity contribution in [3.8, 4) is 0 Å². The molecular weight excluding hydrogens is 175 g/mol. The minimum Gasteiger partial charge on any atom is -0.767 e. The zero-order valence-electron chi connectivity index (χ0n) is 6.48. The second-order valence-corrected chi connectivity index (χ2v) is 2.66. The molecule has 1 atom stereocenters. The van der Waals surface area contributed by atoms with Gasteiger partial charge in [-0.1, -0.05) is 0 Å². The van der Waals surface area contributed by atoms with Gasteiger partial charge in [0.25, 0.3) is 0 Å². The number of imidazole rings is 1. The van der Waals surface area contributed by atoms with Gasteiger partial charge in [-0.15, -0.1) is 0 Å². The first kappa shape index (κ1) is 11.3. The Morgan fingerprint density at radius 3 is 2.73 bits per heavy atom. The summed E-state index contributed by atoms with van der Waals surface area (Å²) in [6.07, 6.45) is 2.98. The molecule has 4 nitrogen and oxygen atoms in total. The third kappa shape index (κ3) is 3.04. The summed E-state index contributed by atoms with van der Waals surface area (Å²) < 4.78 is 22.2. The molecule has 0 amide bonds. The fourth-order valence-electron chi connectivity index (χ4n) is 0.599. The van der Waals surface area contributed by atoms with E-state index in [1.807, 2.05) is 6.92 Å². The second-order valence-electron chi connectivity index (χ2n) is 1.78. The molecule has 1 unspecified atom stereocenters. The summed E-state index contributed by atoms with van der Waals surface area (Å²) in [7, 11) is 0. The maximum Gasteiger partial charge on any atom is 1.00 e. The van der Waals surface area contributed by atoms with E-state index < -0.39 is 11.1 Å². The van der Waals surface area contributed by atoms with Crippen molar-refractivity contribution in [2.45, 2.75) is 18.5 Å². The summed E-state index contributed by atoms with van der Waals surface area (Å²) >= 11 is -2.19. The van der Waals surface area contributed by atoms with Crippen LogP contribution in [0.15, 0.2) is 17.6 Å². The van der Waals surface area contributed by atoms with E-state index >= 15 is 0 Å². The van der Waals surface area contributed by atoms with Crippen LogP contribution < -0.4 is 29.6 Å². The number of hydrogen-bond acceptors (Lipinski definition) is 3. The Balaban J connectivity index is 0.000001000. The van der Waals surface area contributed by atoms with E-state index in [2.05, 4.69) is 4.98 Å². The number of nitrogens with zero attached hydrogens (tertiary/aromatic N) is 2. The molecule has 56 valence electrons. The number of rotatable bonds is 2. The standard InChI is InChI=1S/C5H8N2O2S.Na/c1-2-7-3-5(6-4-7)10(8)9;/h3-4H,2H2,1H3,(H,8,9);/q;+1/p-1. The Kier molecular flexibility index (Phi) is 5.20. The van der Waals surface area contributed by atoms with Crippen LogP contribution in [0.3, 0.4) is 0 Å². The van der Waals surface area contributed by atoms with Gasteiger partial charge < -0.3 is 9.12 Å². The van der Waals surface area contributed by atoms with Crippen LogP contribution in [0.2, 0.25) is 0 Å². The minimum atomic E-state index is -2.19. The van der Waals surface area contributed by atoms with Crippen LogP contribution >= 0.6 is 0 Å². The van der Waals surface area contributed by atoms with E-state index in [9.17, 15) is 8.76 Å². The fraction of sp³-hybridized carbons (Fsp3) is 0.400. The van der Waals surface area contributed by atoms with E-state index in [1.54, 1.807) is 4.57 Å². The maximum atomic E-state index is 10.3. The van der Waals surface area contributed by atoms with Crippen LogP contribution in [0.4, 0.5) is 0 Å². The molecule has 6 heteroatoms. The van der Waals surface area contributed by atoms with Gasteiger partial charge in [-0.05, 0) is 18.0 Å². The SMILES string of the molecule is CCn1cnc(S(=O)[O-])c1.[Na+]. The van der Waals surface area contributed by atoms with Gasteiger partial charge in [-0.3, -0.25) is 4.21 Å². The van der Waals surface area contributed by atoms with Crippen LogP contribution in [-0.2, 0) is 17.6 Å². The molecule has 11 heavy (non-hydrogen) atoms. The number of aryl methyl sites for hydroxylation is 1. The van der Waals surface area contributed by atoms with Crippen LogP contribution in [0.25, 0.3) is 0 Å². The van der Waals surface area contributed by atoms with Gasteiger partial charge in [0.1, 0.15) is 5.03 Å². The van der Waals surface area contributed by atoms with E-state index in [4.69, 9.17) is 0 Å². The third-order valence-corrected chi connectivity index (χ3v) is 1.70. The van der Waals surface area contributed by atoms with Crippen molar-refractivity contribution in [2.75, 3.05) is 0 Å². The molecule has 0 saturated heterocycles. The van der Waals surface area contributed by atoms with Crippen molar-refractivity contribution in [3.05, 3.63) is 12.5 Å². The summed E-state index contributed by atoms with van der Waals surface area (Å²) in [6, 6.07) is 0. The van der Waals surface area contributed by atoms with Crippen molar-refractivity contribution in [3.63, 3.8) is 0 Å². The Labute approximate surface area is 89.6 Å². The quantitative estimate of drug-likeness (QED) is 0.365. The Hall–Kier alpha value is 0.320. The molecular formula is C5H7N2NaO2S. The van der Waals surface area contributed by atoms with Crippen LogP contribution in [0, 0.1) is 0 Å². The van der Waals surface area contributed by atoms with Gasteiger partial charge in [-0.2, -0.15) is 0 Å². The summed E-state index contributed by atoms with van der Waals surface area (Å²) in [5, 5.41) is 0.0989. The average molecular weight is 182 g/mol. The normalized spacial score (nSPS) is 12.2. The number of aromatic nitrogens is 2. The third-order valence-electron chi connectivity index (χ3n) is 1.15. The van der Waals surface area contributed by atoms with Crippen LogP contribution in [0.1, 0.15) is 6.92 Å². The van der Waals surface area contributed by atoms with Crippen molar-refractivity contribution >= 4 is 11.1 Å². The first-order valence-electron chi connectivity index (χ1n) is 2.85. The molecule has 1 aromatic heterocycles. The topological polar surface area (TPSA) is 58.0 Å². The predicted molar refractivity (Wildman–Crippen MR) is 35.1 cm³/mol. The summed E-state index contributed by atoms with van der Waals surface area (Å²) in [4.78, 5) is 3.64. The van der Waals surface area contributed by atoms with Crippen molar-refractivity contribution in [1.82, 2.24) is 9.55 Å². The van der Waals surface area contributed by atoms with Gasteiger partial charge in [0.05, 0.1) is 6.33 Å². The van der Waals surface area contributed by atoms with E-state index in [1.165, 1.54) is 12.5 Å². The van der Waals surface area contributed by atoms with Crippen LogP contribution in [-0.4, -0.2) is 18.3 Å². The van der Waals surface area contributed by atoms with Gasteiger partial charge >= 0.3 is 29.6 Å². The first-order valence-corrected chi connectivity index (χ1v) is 3.92. The Morgan fingerprint density at radius 2 is 2.45 bits per heavy atom. The number of hydrogen-bond donors (Lipinski definition) is 0. The van der Waals surface area contributed by atoms with Crippen LogP contribution in [0.5, 0.6) is 0 Å². The molecule has 0 aliphatic heterocycles. The summed E-state index contributed by atoms with van der Waals surface area (Å²) in [5.74, 6) is 0. The average Bonchev–Trinajstić information content (AvgIpc) is 2.34. The predicted octanol–water partition coefficient (Wildman–Crippen LogP) is -2.85. The molecule has 1 aromatic rings. The molecule has 0 aliphatic rings. The molecule has 0 radical (unpaired) electrons. The molecule has 0 spiro atoms. The maximum absolute atomic E-state index is 10.3. The zero-order chi connectivity index (χ0) is 7.56. The molecule has 0 aromatic carbocycles. The molecule has 0 aliphatic carbocycles. The van der Waals surface area contributed by atoms with Crippen molar-refractivity contribution < 1.29 is 38.3 Å². The molecule has 0 N–H and O–H groups in total. The first-order chi connectivity index (χ1) is 4.74. The smallest absolute Gasteiger partial charge is 0.767 e. The molecule has 1 rings (SSSR count). The fourth-order valence-corrected chi connectivity index (χ4v) is 0.953. The summed E-state index contributed by atoms with van der Waals surface area (Å²) in [5.41, 5.74) is 0. The zero-order valence-corrected chi connectivity index (χ0v) is 9.30.